The van der Waals surface area contributed by atoms with Crippen molar-refractivity contribution in [3.63, 3.8) is 0 Å². The van der Waals surface area contributed by atoms with Crippen LogP contribution in [0.5, 0.6) is 0 Å². The van der Waals surface area contributed by atoms with Crippen molar-refractivity contribution in [3.05, 3.63) is 40.1 Å². The predicted octanol–water partition coefficient (Wildman–Crippen LogP) is 2.33. The number of nitrogen functional groups attached to an aromatic ring is 1. The lowest BCUT2D eigenvalue weighted by molar-refractivity contribution is 0.101. The minimum absolute atomic E-state index is 0.275. The van der Waals surface area contributed by atoms with Crippen molar-refractivity contribution < 1.29 is 4.79 Å². The van der Waals surface area contributed by atoms with E-state index in [-0.39, 0.29) is 5.91 Å². The van der Waals surface area contributed by atoms with Crippen LogP contribution < -0.4 is 11.1 Å². The highest BCUT2D eigenvalue weighted by Crippen LogP contribution is 2.21. The second-order valence-corrected chi connectivity index (χ2v) is 4.84. The molecule has 0 fully saturated rings. The van der Waals surface area contributed by atoms with Gasteiger partial charge >= 0.3 is 0 Å². The molecule has 0 saturated carbocycles. The van der Waals surface area contributed by atoms with E-state index in [2.05, 4.69) is 26.3 Å². The van der Waals surface area contributed by atoms with Crippen molar-refractivity contribution in [2.75, 3.05) is 11.1 Å². The SMILES string of the molecule is Cc1ccc(NC(=O)c2c(N)cnn2C)cc1Br. The Morgan fingerprint density at radius 2 is 2.22 bits per heavy atom. The van der Waals surface area contributed by atoms with E-state index in [9.17, 15) is 4.79 Å². The zero-order valence-electron chi connectivity index (χ0n) is 10.1. The Kier molecular flexibility index (Phi) is 3.38. The number of rotatable bonds is 2. The molecule has 0 spiro atoms. The van der Waals surface area contributed by atoms with Gasteiger partial charge in [0.15, 0.2) is 0 Å². The molecule has 6 heteroatoms. The minimum atomic E-state index is -0.275. The molecule has 1 heterocycles. The summed E-state index contributed by atoms with van der Waals surface area (Å²) in [4.78, 5) is 12.0. The minimum Gasteiger partial charge on any atom is -0.396 e. The smallest absolute Gasteiger partial charge is 0.276 e. The summed E-state index contributed by atoms with van der Waals surface area (Å²) >= 11 is 3.42. The molecule has 0 aliphatic heterocycles. The molecule has 1 amide bonds. The number of aromatic nitrogens is 2. The van der Waals surface area contributed by atoms with Gasteiger partial charge in [-0.15, -0.1) is 0 Å². The highest BCUT2D eigenvalue weighted by Gasteiger charge is 2.15. The highest BCUT2D eigenvalue weighted by molar-refractivity contribution is 9.10. The monoisotopic (exact) mass is 308 g/mol. The Bertz CT molecular complexity index is 587. The van der Waals surface area contributed by atoms with Crippen molar-refractivity contribution in [1.29, 1.82) is 0 Å². The summed E-state index contributed by atoms with van der Waals surface area (Å²) < 4.78 is 2.40. The van der Waals surface area contributed by atoms with Crippen molar-refractivity contribution in [3.8, 4) is 0 Å². The number of nitrogens with one attached hydrogen (secondary N) is 1. The molecule has 0 aliphatic carbocycles. The van der Waals surface area contributed by atoms with Gasteiger partial charge in [-0.25, -0.2) is 0 Å². The maximum Gasteiger partial charge on any atom is 0.276 e. The molecule has 2 aromatic rings. The summed E-state index contributed by atoms with van der Waals surface area (Å²) in [7, 11) is 1.68. The summed E-state index contributed by atoms with van der Waals surface area (Å²) in [5, 5.41) is 6.72. The Morgan fingerprint density at radius 1 is 1.50 bits per heavy atom. The first-order valence-electron chi connectivity index (χ1n) is 5.34. The van der Waals surface area contributed by atoms with E-state index >= 15 is 0 Å². The molecule has 2 rings (SSSR count). The maximum absolute atomic E-state index is 12.0. The third-order valence-electron chi connectivity index (χ3n) is 2.61. The van der Waals surface area contributed by atoms with E-state index in [0.29, 0.717) is 17.1 Å². The molecule has 1 aromatic carbocycles. The first-order chi connectivity index (χ1) is 8.49. The average molecular weight is 309 g/mol. The predicted molar refractivity (Wildman–Crippen MR) is 74.5 cm³/mol. The zero-order chi connectivity index (χ0) is 13.3. The van der Waals surface area contributed by atoms with Gasteiger partial charge in [0.25, 0.3) is 5.91 Å². The Morgan fingerprint density at radius 3 is 2.78 bits per heavy atom. The number of amides is 1. The van der Waals surface area contributed by atoms with E-state index in [0.717, 1.165) is 10.0 Å². The Balaban J connectivity index is 2.24. The third-order valence-corrected chi connectivity index (χ3v) is 3.47. The highest BCUT2D eigenvalue weighted by atomic mass is 79.9. The number of benzene rings is 1. The molecule has 0 bridgehead atoms. The van der Waals surface area contributed by atoms with Gasteiger partial charge in [0.1, 0.15) is 5.69 Å². The van der Waals surface area contributed by atoms with Crippen LogP contribution in [-0.2, 0) is 7.05 Å². The van der Waals surface area contributed by atoms with Crippen LogP contribution >= 0.6 is 15.9 Å². The van der Waals surface area contributed by atoms with Gasteiger partial charge in [-0.2, -0.15) is 5.10 Å². The molecule has 0 aliphatic rings. The lowest BCUT2D eigenvalue weighted by Gasteiger charge is -2.07. The maximum atomic E-state index is 12.0. The van der Waals surface area contributed by atoms with E-state index < -0.39 is 0 Å². The molecule has 1 aromatic heterocycles. The number of carbonyl (C=O) groups excluding carboxylic acids is 1. The number of carbonyl (C=O) groups is 1. The largest absolute Gasteiger partial charge is 0.396 e. The van der Waals surface area contributed by atoms with Gasteiger partial charge in [0, 0.05) is 17.2 Å². The van der Waals surface area contributed by atoms with Gasteiger partial charge < -0.3 is 11.1 Å². The van der Waals surface area contributed by atoms with Crippen LogP contribution in [0.2, 0.25) is 0 Å². The molecule has 0 radical (unpaired) electrons. The number of halogens is 1. The topological polar surface area (TPSA) is 72.9 Å². The fourth-order valence-corrected chi connectivity index (χ4v) is 1.97. The second kappa shape index (κ2) is 4.81. The molecule has 18 heavy (non-hydrogen) atoms. The molecule has 3 N–H and O–H groups in total. The molecular formula is C12H13BrN4O. The number of aryl methyl sites for hydroxylation is 2. The van der Waals surface area contributed by atoms with Gasteiger partial charge in [0.2, 0.25) is 0 Å². The Labute approximate surface area is 113 Å². The standard InChI is InChI=1S/C12H13BrN4O/c1-7-3-4-8(5-9(7)13)16-12(18)11-10(14)6-15-17(11)2/h3-6H,14H2,1-2H3,(H,16,18). The van der Waals surface area contributed by atoms with Gasteiger partial charge in [-0.3, -0.25) is 9.48 Å². The first kappa shape index (κ1) is 12.6. The molecule has 5 nitrogen and oxygen atoms in total. The van der Waals surface area contributed by atoms with E-state index in [1.807, 2.05) is 25.1 Å². The van der Waals surface area contributed by atoms with Crippen molar-refractivity contribution in [1.82, 2.24) is 9.78 Å². The van der Waals surface area contributed by atoms with Crippen LogP contribution in [0.1, 0.15) is 16.1 Å². The summed E-state index contributed by atoms with van der Waals surface area (Å²) in [6, 6.07) is 5.61. The van der Waals surface area contributed by atoms with E-state index in [4.69, 9.17) is 5.73 Å². The number of anilines is 2. The fraction of sp³-hybridized carbons (Fsp3) is 0.167. The Hall–Kier alpha value is -1.82. The first-order valence-corrected chi connectivity index (χ1v) is 6.13. The normalized spacial score (nSPS) is 10.4. The number of hydrogen-bond donors (Lipinski definition) is 2. The van der Waals surface area contributed by atoms with Gasteiger partial charge in [-0.05, 0) is 24.6 Å². The van der Waals surface area contributed by atoms with E-state index in [1.54, 1.807) is 7.05 Å². The summed E-state index contributed by atoms with van der Waals surface area (Å²) in [6.07, 6.45) is 1.46. The quantitative estimate of drug-likeness (QED) is 0.894. The lowest BCUT2D eigenvalue weighted by Crippen LogP contribution is -2.17. The van der Waals surface area contributed by atoms with Crippen LogP contribution in [-0.4, -0.2) is 15.7 Å². The van der Waals surface area contributed by atoms with Crippen molar-refractivity contribution >= 4 is 33.2 Å². The molecule has 0 atom stereocenters. The molecule has 0 unspecified atom stereocenters. The van der Waals surface area contributed by atoms with Crippen LogP contribution in [0.15, 0.2) is 28.9 Å². The lowest BCUT2D eigenvalue weighted by atomic mass is 10.2. The molecule has 0 saturated heterocycles. The zero-order valence-corrected chi connectivity index (χ0v) is 11.7. The van der Waals surface area contributed by atoms with E-state index in [1.165, 1.54) is 10.9 Å². The number of nitrogens with zero attached hydrogens (tertiary/aromatic N) is 2. The second-order valence-electron chi connectivity index (χ2n) is 3.99. The van der Waals surface area contributed by atoms with Gasteiger partial charge in [0.05, 0.1) is 11.9 Å². The van der Waals surface area contributed by atoms with Crippen molar-refractivity contribution in [2.45, 2.75) is 6.92 Å². The number of nitrogens with two attached hydrogens (primary N) is 1. The van der Waals surface area contributed by atoms with Crippen LogP contribution in [0.25, 0.3) is 0 Å². The molecule has 94 valence electrons. The average Bonchev–Trinajstić information content (AvgIpc) is 2.64. The number of hydrogen-bond acceptors (Lipinski definition) is 3. The van der Waals surface area contributed by atoms with Crippen LogP contribution in [0, 0.1) is 6.92 Å². The van der Waals surface area contributed by atoms with Crippen molar-refractivity contribution in [2.24, 2.45) is 7.05 Å². The van der Waals surface area contributed by atoms with Crippen LogP contribution in [0.3, 0.4) is 0 Å². The third kappa shape index (κ3) is 2.38. The molecular weight excluding hydrogens is 296 g/mol. The summed E-state index contributed by atoms with van der Waals surface area (Å²) in [6.45, 7) is 1.98. The summed E-state index contributed by atoms with van der Waals surface area (Å²) in [5.74, 6) is -0.275. The van der Waals surface area contributed by atoms with Crippen LogP contribution in [0.4, 0.5) is 11.4 Å². The summed E-state index contributed by atoms with van der Waals surface area (Å²) in [5.41, 5.74) is 8.22. The van der Waals surface area contributed by atoms with Gasteiger partial charge in [-0.1, -0.05) is 22.0 Å². The fourth-order valence-electron chi connectivity index (χ4n) is 1.59.